The summed E-state index contributed by atoms with van der Waals surface area (Å²) in [6.45, 7) is -0.647. The van der Waals surface area contributed by atoms with Crippen LogP contribution < -0.4 is 10.9 Å². The van der Waals surface area contributed by atoms with Crippen molar-refractivity contribution < 1.29 is 29.6 Å². The van der Waals surface area contributed by atoms with Crippen molar-refractivity contribution in [1.82, 2.24) is 19.5 Å². The molecule has 1 saturated heterocycles. The predicted octanol–water partition coefficient (Wildman–Crippen LogP) is -1.81. The number of nitriles is 1. The topological polar surface area (TPSA) is 196 Å². The van der Waals surface area contributed by atoms with Gasteiger partial charge in [0.2, 0.25) is 5.95 Å². The molecule has 0 aromatic carbocycles. The van der Waals surface area contributed by atoms with E-state index < -0.39 is 42.8 Å². The molecule has 4 atom stereocenters. The number of fused-ring (bicyclic) bond motifs is 1. The number of rotatable bonds is 5. The zero-order valence-electron chi connectivity index (χ0n) is 13.8. The van der Waals surface area contributed by atoms with Crippen molar-refractivity contribution in [2.75, 3.05) is 18.5 Å². The summed E-state index contributed by atoms with van der Waals surface area (Å²) in [7, 11) is 0. The van der Waals surface area contributed by atoms with Gasteiger partial charge in [0.05, 0.1) is 25.4 Å². The molecule has 0 aliphatic carbocycles. The number of H-pyrrole nitrogens is 1. The highest BCUT2D eigenvalue weighted by Crippen LogP contribution is 2.30. The second kappa shape index (κ2) is 7.68. The normalized spacial score (nSPS) is 24.7. The number of ether oxygens (including phenoxy) is 2. The van der Waals surface area contributed by atoms with Crippen molar-refractivity contribution in [2.45, 2.75) is 31.0 Å². The van der Waals surface area contributed by atoms with Gasteiger partial charge < -0.3 is 24.8 Å². The van der Waals surface area contributed by atoms with Gasteiger partial charge in [0.25, 0.3) is 5.56 Å². The van der Waals surface area contributed by atoms with Crippen LogP contribution in [0.2, 0.25) is 0 Å². The van der Waals surface area contributed by atoms with Gasteiger partial charge in [-0.2, -0.15) is 10.2 Å². The van der Waals surface area contributed by atoms with Crippen LogP contribution in [0.25, 0.3) is 11.2 Å². The quantitative estimate of drug-likeness (QED) is 0.369. The zero-order chi connectivity index (χ0) is 19.6. The Balaban J connectivity index is 1.89. The van der Waals surface area contributed by atoms with Gasteiger partial charge in [0.1, 0.15) is 24.9 Å². The minimum Gasteiger partial charge on any atom is -0.448 e. The number of hydrogen-bond donors (Lipinski definition) is 5. The molecule has 0 saturated carbocycles. The SMILES string of the molecule is N#CCCOC(=O)Nc1nc2c(ncn2[C@@H]2O[C@H](CO)[C@@H](O)[C@H]2O)c(=O)[nH]1. The van der Waals surface area contributed by atoms with E-state index in [0.29, 0.717) is 0 Å². The third kappa shape index (κ3) is 3.59. The second-order valence-electron chi connectivity index (χ2n) is 5.64. The fourth-order valence-corrected chi connectivity index (χ4v) is 2.60. The van der Waals surface area contributed by atoms with E-state index >= 15 is 0 Å². The number of aliphatic hydroxyl groups excluding tert-OH is 3. The highest BCUT2D eigenvalue weighted by atomic mass is 16.6. The number of aromatic amines is 1. The third-order valence-electron chi connectivity index (χ3n) is 3.89. The first-order valence-corrected chi connectivity index (χ1v) is 7.86. The van der Waals surface area contributed by atoms with Crippen LogP contribution in [-0.2, 0) is 9.47 Å². The Hall–Kier alpha value is -3.05. The van der Waals surface area contributed by atoms with E-state index in [9.17, 15) is 24.9 Å². The number of aliphatic hydroxyl groups is 3. The zero-order valence-corrected chi connectivity index (χ0v) is 13.8. The van der Waals surface area contributed by atoms with E-state index in [1.165, 1.54) is 10.9 Å². The highest BCUT2D eigenvalue weighted by Gasteiger charge is 2.44. The van der Waals surface area contributed by atoms with Crippen LogP contribution in [0, 0.1) is 11.3 Å². The van der Waals surface area contributed by atoms with Crippen LogP contribution in [0.4, 0.5) is 10.7 Å². The molecule has 0 bridgehead atoms. The molecule has 0 unspecified atom stereocenters. The number of aromatic nitrogens is 4. The lowest BCUT2D eigenvalue weighted by molar-refractivity contribution is -0.0511. The number of anilines is 1. The first kappa shape index (κ1) is 18.7. The maximum Gasteiger partial charge on any atom is 0.414 e. The Morgan fingerprint density at radius 2 is 2.26 bits per heavy atom. The van der Waals surface area contributed by atoms with Gasteiger partial charge in [0, 0.05) is 0 Å². The first-order chi connectivity index (χ1) is 13.0. The van der Waals surface area contributed by atoms with E-state index in [-0.39, 0.29) is 30.1 Å². The number of imidazole rings is 1. The molecule has 0 spiro atoms. The van der Waals surface area contributed by atoms with E-state index in [1.54, 1.807) is 6.07 Å². The van der Waals surface area contributed by atoms with Crippen LogP contribution >= 0.6 is 0 Å². The van der Waals surface area contributed by atoms with Gasteiger partial charge in [-0.15, -0.1) is 0 Å². The fraction of sp³-hybridized carbons (Fsp3) is 0.500. The van der Waals surface area contributed by atoms with E-state index in [1.807, 2.05) is 0 Å². The summed E-state index contributed by atoms with van der Waals surface area (Å²) in [5.41, 5.74) is -0.783. The summed E-state index contributed by atoms with van der Waals surface area (Å²) in [6, 6.07) is 1.81. The minimum atomic E-state index is -1.40. The van der Waals surface area contributed by atoms with Crippen LogP contribution in [0.15, 0.2) is 11.1 Å². The highest BCUT2D eigenvalue weighted by molar-refractivity contribution is 5.83. The van der Waals surface area contributed by atoms with Crippen LogP contribution in [0.5, 0.6) is 0 Å². The van der Waals surface area contributed by atoms with Crippen molar-refractivity contribution in [2.24, 2.45) is 0 Å². The Kier molecular flexibility index (Phi) is 5.33. The van der Waals surface area contributed by atoms with E-state index in [4.69, 9.17) is 14.7 Å². The predicted molar refractivity (Wildman–Crippen MR) is 86.4 cm³/mol. The lowest BCUT2D eigenvalue weighted by Crippen LogP contribution is -2.33. The van der Waals surface area contributed by atoms with Crippen LogP contribution in [0.3, 0.4) is 0 Å². The molecule has 1 amide bonds. The Morgan fingerprint density at radius 3 is 2.93 bits per heavy atom. The molecule has 2 aromatic rings. The first-order valence-electron chi connectivity index (χ1n) is 7.86. The average molecular weight is 380 g/mol. The van der Waals surface area contributed by atoms with Gasteiger partial charge >= 0.3 is 6.09 Å². The fourth-order valence-electron chi connectivity index (χ4n) is 2.60. The van der Waals surface area contributed by atoms with Crippen LogP contribution in [0.1, 0.15) is 12.6 Å². The molecule has 13 heteroatoms. The van der Waals surface area contributed by atoms with Crippen molar-refractivity contribution in [3.63, 3.8) is 0 Å². The molecular weight excluding hydrogens is 364 g/mol. The Morgan fingerprint density at radius 1 is 1.48 bits per heavy atom. The molecule has 1 aliphatic heterocycles. The molecule has 13 nitrogen and oxygen atoms in total. The molecule has 2 aromatic heterocycles. The molecular formula is C14H16N6O7. The number of hydrogen-bond acceptors (Lipinski definition) is 10. The smallest absolute Gasteiger partial charge is 0.414 e. The largest absolute Gasteiger partial charge is 0.448 e. The van der Waals surface area contributed by atoms with Gasteiger partial charge in [-0.1, -0.05) is 0 Å². The number of nitrogens with zero attached hydrogens (tertiary/aromatic N) is 4. The third-order valence-corrected chi connectivity index (χ3v) is 3.89. The second-order valence-corrected chi connectivity index (χ2v) is 5.64. The summed E-state index contributed by atoms with van der Waals surface area (Å²) in [5.74, 6) is -0.247. The number of carbonyl (C=O) groups is 1. The summed E-state index contributed by atoms with van der Waals surface area (Å²) in [4.78, 5) is 34.0. The molecule has 1 aliphatic rings. The monoisotopic (exact) mass is 380 g/mol. The summed E-state index contributed by atoms with van der Waals surface area (Å²) in [6.07, 6.45) is -4.63. The van der Waals surface area contributed by atoms with Gasteiger partial charge in [-0.25, -0.2) is 9.78 Å². The van der Waals surface area contributed by atoms with Gasteiger partial charge in [-0.05, 0) is 0 Å². The van der Waals surface area contributed by atoms with Crippen molar-refractivity contribution >= 4 is 23.2 Å². The van der Waals surface area contributed by atoms with Gasteiger partial charge in [0.15, 0.2) is 17.4 Å². The van der Waals surface area contributed by atoms with Crippen LogP contribution in [-0.4, -0.2) is 72.5 Å². The minimum absolute atomic E-state index is 0.00836. The molecule has 3 heterocycles. The molecule has 5 N–H and O–H groups in total. The standard InChI is InChI=1S/C14H16N6O7/c15-2-1-3-26-14(25)19-13-17-10-7(11(24)18-13)16-5-20(10)12-9(23)8(22)6(4-21)27-12/h5-6,8-9,12,21-23H,1,3-4H2,(H2,17,18,19,24,25)/t6-,8-,9-,12-/m1/s1. The maximum absolute atomic E-state index is 12.1. The number of nitrogens with one attached hydrogen (secondary N) is 2. The summed E-state index contributed by atoms with van der Waals surface area (Å²) >= 11 is 0. The maximum atomic E-state index is 12.1. The molecule has 1 fully saturated rings. The molecule has 27 heavy (non-hydrogen) atoms. The average Bonchev–Trinajstić information content (AvgIpc) is 3.17. The van der Waals surface area contributed by atoms with Crippen molar-refractivity contribution in [1.29, 1.82) is 5.26 Å². The number of amides is 1. The van der Waals surface area contributed by atoms with E-state index in [0.717, 1.165) is 0 Å². The van der Waals surface area contributed by atoms with E-state index in [2.05, 4.69) is 20.3 Å². The summed E-state index contributed by atoms with van der Waals surface area (Å²) in [5, 5.41) is 39.8. The molecule has 3 rings (SSSR count). The Bertz CT molecular complexity index is 934. The lowest BCUT2D eigenvalue weighted by Gasteiger charge is -2.16. The van der Waals surface area contributed by atoms with Crippen molar-refractivity contribution in [3.8, 4) is 6.07 Å². The summed E-state index contributed by atoms with van der Waals surface area (Å²) < 4.78 is 11.3. The molecule has 144 valence electrons. The van der Waals surface area contributed by atoms with Crippen molar-refractivity contribution in [3.05, 3.63) is 16.7 Å². The van der Waals surface area contributed by atoms with Gasteiger partial charge in [-0.3, -0.25) is 19.7 Å². The lowest BCUT2D eigenvalue weighted by atomic mass is 10.1. The number of carbonyl (C=O) groups excluding carboxylic acids is 1. The Labute approximate surface area is 150 Å². The molecule has 0 radical (unpaired) electrons.